The van der Waals surface area contributed by atoms with Crippen LogP contribution in [-0.4, -0.2) is 59.8 Å². The van der Waals surface area contributed by atoms with Crippen molar-refractivity contribution in [3.05, 3.63) is 53.2 Å². The van der Waals surface area contributed by atoms with Gasteiger partial charge in [-0.3, -0.25) is 14.4 Å². The van der Waals surface area contributed by atoms with Gasteiger partial charge >= 0.3 is 5.97 Å². The minimum absolute atomic E-state index is 0.0473. The Hall–Kier alpha value is -2.83. The van der Waals surface area contributed by atoms with Crippen molar-refractivity contribution < 1.29 is 32.3 Å². The van der Waals surface area contributed by atoms with Gasteiger partial charge < -0.3 is 15.3 Å². The summed E-state index contributed by atoms with van der Waals surface area (Å²) in [6, 6.07) is 6.99. The van der Waals surface area contributed by atoms with Crippen molar-refractivity contribution in [2.75, 3.05) is 13.1 Å². The summed E-state index contributed by atoms with van der Waals surface area (Å²) < 4.78 is 41.2. The molecule has 2 unspecified atom stereocenters. The highest BCUT2D eigenvalue weighted by atomic mass is 32.2. The first-order chi connectivity index (χ1) is 16.7. The van der Waals surface area contributed by atoms with Crippen molar-refractivity contribution >= 4 is 39.1 Å². The van der Waals surface area contributed by atoms with E-state index in [4.69, 9.17) is 0 Å². The topological polar surface area (TPSA) is 124 Å². The van der Waals surface area contributed by atoms with Crippen LogP contribution in [-0.2, 0) is 24.4 Å². The lowest BCUT2D eigenvalue weighted by atomic mass is 10.0. The van der Waals surface area contributed by atoms with E-state index in [0.717, 1.165) is 40.6 Å². The second kappa shape index (κ2) is 10.4. The van der Waals surface area contributed by atoms with E-state index in [1.165, 1.54) is 23.1 Å². The van der Waals surface area contributed by atoms with Gasteiger partial charge in [-0.25, -0.2) is 12.8 Å². The van der Waals surface area contributed by atoms with Crippen molar-refractivity contribution in [3.8, 4) is 0 Å². The lowest BCUT2D eigenvalue weighted by Crippen LogP contribution is -2.55. The first-order valence-electron chi connectivity index (χ1n) is 11.3. The molecule has 2 amide bonds. The molecule has 1 aliphatic heterocycles. The number of sulfonamides is 1. The highest BCUT2D eigenvalue weighted by molar-refractivity contribution is 7.91. The van der Waals surface area contributed by atoms with E-state index in [9.17, 15) is 32.3 Å². The molecule has 1 saturated carbocycles. The number of thiophene rings is 1. The normalized spacial score (nSPS) is 20.1. The zero-order valence-electron chi connectivity index (χ0n) is 18.8. The summed E-state index contributed by atoms with van der Waals surface area (Å²) in [4.78, 5) is 39.6. The maximum Gasteiger partial charge on any atom is 0.305 e. The molecule has 9 nitrogen and oxygen atoms in total. The standard InChI is InChI=1S/C23H26FN3O6S2/c24-17-9-7-15(8-10-17)18(14-19(28)29)25-21(30)22-26(23(31)16-4-1-2-5-16)11-12-27(22)35(32,33)20-6-3-13-34-20/h3,6-10,13,16,18,22H,1-2,4-5,11-12,14H2,(H,25,30)(H,28,29). The lowest BCUT2D eigenvalue weighted by Gasteiger charge is -2.31. The van der Waals surface area contributed by atoms with Crippen LogP contribution in [0.1, 0.15) is 43.7 Å². The molecule has 12 heteroatoms. The monoisotopic (exact) mass is 523 g/mol. The summed E-state index contributed by atoms with van der Waals surface area (Å²) in [5.41, 5.74) is 0.349. The van der Waals surface area contributed by atoms with Crippen LogP contribution in [0.5, 0.6) is 0 Å². The highest BCUT2D eigenvalue weighted by Crippen LogP contribution is 2.32. The Kier molecular flexibility index (Phi) is 7.53. The maximum atomic E-state index is 13.6. The van der Waals surface area contributed by atoms with E-state index >= 15 is 0 Å². The van der Waals surface area contributed by atoms with E-state index in [1.54, 1.807) is 11.4 Å². The predicted molar refractivity (Wildman–Crippen MR) is 125 cm³/mol. The summed E-state index contributed by atoms with van der Waals surface area (Å²) in [6.45, 7) is -0.00486. The van der Waals surface area contributed by atoms with E-state index in [1.807, 2.05) is 0 Å². The molecule has 4 rings (SSSR count). The highest BCUT2D eigenvalue weighted by Gasteiger charge is 2.48. The van der Waals surface area contributed by atoms with Crippen molar-refractivity contribution in [2.45, 2.75) is 48.5 Å². The number of nitrogens with zero attached hydrogens (tertiary/aromatic N) is 2. The zero-order chi connectivity index (χ0) is 25.2. The fourth-order valence-electron chi connectivity index (χ4n) is 4.66. The van der Waals surface area contributed by atoms with Gasteiger partial charge in [0.2, 0.25) is 5.91 Å². The van der Waals surface area contributed by atoms with Crippen LogP contribution in [0.25, 0.3) is 0 Å². The third kappa shape index (κ3) is 5.39. The number of nitrogens with one attached hydrogen (secondary N) is 1. The van der Waals surface area contributed by atoms with Crippen molar-refractivity contribution in [1.29, 1.82) is 0 Å². The summed E-state index contributed by atoms with van der Waals surface area (Å²) >= 11 is 1.01. The molecule has 2 heterocycles. The smallest absolute Gasteiger partial charge is 0.305 e. The number of carbonyl (C=O) groups excluding carboxylic acids is 2. The number of aliphatic carboxylic acids is 1. The van der Waals surface area contributed by atoms with Gasteiger partial charge in [-0.2, -0.15) is 4.31 Å². The maximum absolute atomic E-state index is 13.6. The number of hydrogen-bond donors (Lipinski definition) is 2. The van der Waals surface area contributed by atoms with E-state index < -0.39 is 46.3 Å². The van der Waals surface area contributed by atoms with Crippen LogP contribution < -0.4 is 5.32 Å². The average Bonchev–Trinajstić information content (AvgIpc) is 3.60. The van der Waals surface area contributed by atoms with Crippen LogP contribution in [0.2, 0.25) is 0 Å². The number of halogens is 1. The van der Waals surface area contributed by atoms with Gasteiger partial charge in [0.1, 0.15) is 10.0 Å². The molecule has 2 aliphatic rings. The van der Waals surface area contributed by atoms with Gasteiger partial charge in [-0.1, -0.05) is 31.0 Å². The SMILES string of the molecule is O=C(O)CC(NC(=O)C1N(C(=O)C2CCCC2)CCN1S(=O)(=O)c1cccs1)c1ccc(F)cc1. The number of carbonyl (C=O) groups is 3. The number of amides is 2. The molecule has 0 bridgehead atoms. The Morgan fingerprint density at radius 1 is 1.11 bits per heavy atom. The van der Waals surface area contributed by atoms with Gasteiger partial charge in [0.15, 0.2) is 6.17 Å². The Balaban J connectivity index is 1.66. The van der Waals surface area contributed by atoms with Crippen LogP contribution in [0.4, 0.5) is 4.39 Å². The first-order valence-corrected chi connectivity index (χ1v) is 13.6. The summed E-state index contributed by atoms with van der Waals surface area (Å²) in [5, 5.41) is 13.6. The molecule has 1 aromatic carbocycles. The number of benzene rings is 1. The predicted octanol–water partition coefficient (Wildman–Crippen LogP) is 2.57. The molecule has 188 valence electrons. The molecule has 0 spiro atoms. The van der Waals surface area contributed by atoms with E-state index in [2.05, 4.69) is 5.32 Å². The van der Waals surface area contributed by atoms with Crippen LogP contribution in [0.15, 0.2) is 46.0 Å². The summed E-state index contributed by atoms with van der Waals surface area (Å²) in [6.07, 6.45) is 1.19. The van der Waals surface area contributed by atoms with Gasteiger partial charge in [-0.15, -0.1) is 11.3 Å². The van der Waals surface area contributed by atoms with Gasteiger partial charge in [-0.05, 0) is 42.0 Å². The Morgan fingerprint density at radius 2 is 1.80 bits per heavy atom. The molecule has 1 saturated heterocycles. The lowest BCUT2D eigenvalue weighted by molar-refractivity contribution is -0.144. The fourth-order valence-corrected chi connectivity index (χ4v) is 7.33. The van der Waals surface area contributed by atoms with Gasteiger partial charge in [0.05, 0.1) is 12.5 Å². The van der Waals surface area contributed by atoms with Crippen LogP contribution in [0, 0.1) is 11.7 Å². The summed E-state index contributed by atoms with van der Waals surface area (Å²) in [7, 11) is -4.08. The molecular formula is C23H26FN3O6S2. The molecule has 1 aliphatic carbocycles. The number of carboxylic acids is 1. The molecule has 2 atom stereocenters. The van der Waals surface area contributed by atoms with E-state index in [0.29, 0.717) is 18.4 Å². The Bertz CT molecular complexity index is 1180. The number of carboxylic acid groups (broad SMARTS) is 1. The molecule has 2 N–H and O–H groups in total. The minimum atomic E-state index is -4.08. The quantitative estimate of drug-likeness (QED) is 0.548. The molecule has 35 heavy (non-hydrogen) atoms. The molecular weight excluding hydrogens is 497 g/mol. The Labute approximate surface area is 206 Å². The first kappa shape index (κ1) is 25.3. The fraction of sp³-hybridized carbons (Fsp3) is 0.435. The van der Waals surface area contributed by atoms with Crippen LogP contribution in [0.3, 0.4) is 0 Å². The van der Waals surface area contributed by atoms with Crippen molar-refractivity contribution in [2.24, 2.45) is 5.92 Å². The summed E-state index contributed by atoms with van der Waals surface area (Å²) in [5.74, 6) is -3.08. The average molecular weight is 524 g/mol. The number of rotatable bonds is 8. The second-order valence-electron chi connectivity index (χ2n) is 8.65. The molecule has 2 fully saturated rings. The largest absolute Gasteiger partial charge is 0.481 e. The van der Waals surface area contributed by atoms with Crippen molar-refractivity contribution in [3.63, 3.8) is 0 Å². The van der Waals surface area contributed by atoms with Gasteiger partial charge in [0.25, 0.3) is 15.9 Å². The molecule has 1 aromatic heterocycles. The van der Waals surface area contributed by atoms with Gasteiger partial charge in [0, 0.05) is 19.0 Å². The third-order valence-electron chi connectivity index (χ3n) is 6.38. The minimum Gasteiger partial charge on any atom is -0.481 e. The third-order valence-corrected chi connectivity index (χ3v) is 9.60. The number of hydrogen-bond acceptors (Lipinski definition) is 6. The van der Waals surface area contributed by atoms with Crippen molar-refractivity contribution in [1.82, 2.24) is 14.5 Å². The van der Waals surface area contributed by atoms with Crippen LogP contribution >= 0.6 is 11.3 Å². The molecule has 2 aromatic rings. The molecule has 0 radical (unpaired) electrons. The Morgan fingerprint density at radius 3 is 2.40 bits per heavy atom. The zero-order valence-corrected chi connectivity index (χ0v) is 20.4. The second-order valence-corrected chi connectivity index (χ2v) is 11.7. The van der Waals surface area contributed by atoms with E-state index in [-0.39, 0.29) is 29.1 Å².